The summed E-state index contributed by atoms with van der Waals surface area (Å²) in [5, 5.41) is 4.50. The molecule has 1 aromatic carbocycles. The Bertz CT molecular complexity index is 1020. The third-order valence-electron chi connectivity index (χ3n) is 6.46. The van der Waals surface area contributed by atoms with Crippen molar-refractivity contribution in [3.63, 3.8) is 0 Å². The van der Waals surface area contributed by atoms with Gasteiger partial charge in [-0.2, -0.15) is 5.10 Å². The molecule has 1 atom stereocenters. The number of aromatic nitrogens is 4. The number of benzene rings is 1. The van der Waals surface area contributed by atoms with Crippen LogP contribution in [0, 0.1) is 5.41 Å². The lowest BCUT2D eigenvalue weighted by atomic mass is 9.86. The van der Waals surface area contributed by atoms with Gasteiger partial charge in [-0.25, -0.2) is 4.98 Å². The minimum atomic E-state index is 0.300. The average molecular weight is 392 g/mol. The first-order valence-electron chi connectivity index (χ1n) is 10.5. The highest BCUT2D eigenvalue weighted by molar-refractivity contribution is 5.67. The van der Waals surface area contributed by atoms with Crippen molar-refractivity contribution in [2.75, 3.05) is 20.2 Å². The van der Waals surface area contributed by atoms with Crippen molar-refractivity contribution in [2.24, 2.45) is 5.41 Å². The van der Waals surface area contributed by atoms with E-state index in [2.05, 4.69) is 46.7 Å². The van der Waals surface area contributed by atoms with E-state index in [1.165, 1.54) is 23.5 Å². The fourth-order valence-electron chi connectivity index (χ4n) is 4.97. The van der Waals surface area contributed by atoms with E-state index >= 15 is 0 Å². The molecule has 2 aliphatic rings. The van der Waals surface area contributed by atoms with E-state index < -0.39 is 0 Å². The second-order valence-electron chi connectivity index (χ2n) is 8.91. The van der Waals surface area contributed by atoms with Crippen LogP contribution in [0.25, 0.3) is 11.3 Å². The Morgan fingerprint density at radius 3 is 2.83 bits per heavy atom. The first-order chi connectivity index (χ1) is 14.1. The van der Waals surface area contributed by atoms with Gasteiger partial charge in [0, 0.05) is 54.8 Å². The van der Waals surface area contributed by atoms with E-state index in [0.717, 1.165) is 43.9 Å². The minimum Gasteiger partial charge on any atom is -0.496 e. The molecule has 2 aliphatic heterocycles. The Kier molecular flexibility index (Phi) is 4.46. The van der Waals surface area contributed by atoms with Crippen molar-refractivity contribution in [1.82, 2.24) is 24.2 Å². The molecule has 29 heavy (non-hydrogen) atoms. The van der Waals surface area contributed by atoms with E-state index in [9.17, 15) is 0 Å². The molecule has 0 radical (unpaired) electrons. The first kappa shape index (κ1) is 18.4. The van der Waals surface area contributed by atoms with Gasteiger partial charge in [-0.05, 0) is 38.9 Å². The Morgan fingerprint density at radius 1 is 1.17 bits per heavy atom. The van der Waals surface area contributed by atoms with Crippen LogP contribution in [-0.4, -0.2) is 44.4 Å². The van der Waals surface area contributed by atoms with Crippen molar-refractivity contribution in [3.05, 3.63) is 54.2 Å². The summed E-state index contributed by atoms with van der Waals surface area (Å²) >= 11 is 0. The fourth-order valence-corrected chi connectivity index (χ4v) is 4.97. The molecule has 6 nitrogen and oxygen atoms in total. The number of hydrogen-bond donors (Lipinski definition) is 0. The Labute approximate surface area is 172 Å². The van der Waals surface area contributed by atoms with E-state index in [-0.39, 0.29) is 0 Å². The van der Waals surface area contributed by atoms with Crippen molar-refractivity contribution in [2.45, 2.75) is 45.8 Å². The predicted octanol–water partition coefficient (Wildman–Crippen LogP) is 3.78. The summed E-state index contributed by atoms with van der Waals surface area (Å²) < 4.78 is 10.1. The van der Waals surface area contributed by atoms with E-state index in [1.807, 2.05) is 29.2 Å². The smallest absolute Gasteiger partial charge is 0.128 e. The van der Waals surface area contributed by atoms with Gasteiger partial charge in [0.05, 0.1) is 25.2 Å². The zero-order chi connectivity index (χ0) is 20.0. The molecular weight excluding hydrogens is 362 g/mol. The van der Waals surface area contributed by atoms with Gasteiger partial charge < -0.3 is 9.30 Å². The largest absolute Gasteiger partial charge is 0.496 e. The van der Waals surface area contributed by atoms with E-state index in [0.29, 0.717) is 11.5 Å². The van der Waals surface area contributed by atoms with Gasteiger partial charge >= 0.3 is 0 Å². The maximum atomic E-state index is 5.59. The molecule has 4 heterocycles. The molecule has 1 fully saturated rings. The van der Waals surface area contributed by atoms with Crippen molar-refractivity contribution >= 4 is 0 Å². The molecule has 0 aliphatic carbocycles. The molecule has 0 saturated carbocycles. The zero-order valence-electron chi connectivity index (χ0n) is 17.5. The highest BCUT2D eigenvalue weighted by Crippen LogP contribution is 2.43. The van der Waals surface area contributed by atoms with Crippen LogP contribution in [0.1, 0.15) is 37.7 Å². The zero-order valence-corrected chi connectivity index (χ0v) is 17.5. The lowest BCUT2D eigenvalue weighted by molar-refractivity contribution is 0.247. The van der Waals surface area contributed by atoms with Crippen LogP contribution >= 0.6 is 0 Å². The number of imidazole rings is 1. The Balaban J connectivity index is 1.32. The van der Waals surface area contributed by atoms with Gasteiger partial charge in [0.25, 0.3) is 0 Å². The van der Waals surface area contributed by atoms with E-state index in [4.69, 9.17) is 9.72 Å². The molecule has 5 rings (SSSR count). The molecule has 152 valence electrons. The Morgan fingerprint density at radius 2 is 2.03 bits per heavy atom. The summed E-state index contributed by atoms with van der Waals surface area (Å²) in [5.41, 5.74) is 3.91. The molecule has 3 aromatic rings. The van der Waals surface area contributed by atoms with Crippen molar-refractivity contribution < 1.29 is 4.74 Å². The van der Waals surface area contributed by atoms with Gasteiger partial charge in [-0.1, -0.05) is 12.1 Å². The molecule has 6 heteroatoms. The number of ether oxygens (including phenoxy) is 1. The number of nitrogens with zero attached hydrogens (tertiary/aromatic N) is 5. The molecule has 1 spiro atoms. The quantitative estimate of drug-likeness (QED) is 0.664. The second kappa shape index (κ2) is 7.02. The van der Waals surface area contributed by atoms with Crippen LogP contribution in [0.15, 0.2) is 42.9 Å². The predicted molar refractivity (Wildman–Crippen MR) is 113 cm³/mol. The number of likely N-dealkylation sites (tertiary alicyclic amines) is 1. The SMILES string of the molecule is COc1ccccc1-c1cnc2n1C[C@@]1(CCN(Cc3cnn(C(C)C)c3)C1)C2. The number of rotatable bonds is 5. The second-order valence-corrected chi connectivity index (χ2v) is 8.91. The summed E-state index contributed by atoms with van der Waals surface area (Å²) in [7, 11) is 1.73. The first-order valence-corrected chi connectivity index (χ1v) is 10.5. The van der Waals surface area contributed by atoms with Gasteiger partial charge in [0.1, 0.15) is 11.6 Å². The highest BCUT2D eigenvalue weighted by Gasteiger charge is 2.44. The average Bonchev–Trinajstić information content (AvgIpc) is 3.48. The van der Waals surface area contributed by atoms with Crippen LogP contribution in [0.5, 0.6) is 5.75 Å². The number of fused-ring (bicyclic) bond motifs is 1. The molecule has 0 N–H and O–H groups in total. The monoisotopic (exact) mass is 391 g/mol. The fraction of sp³-hybridized carbons (Fsp3) is 0.478. The number of methoxy groups -OCH3 is 1. The lowest BCUT2D eigenvalue weighted by Crippen LogP contribution is -2.28. The van der Waals surface area contributed by atoms with Gasteiger partial charge in [0.2, 0.25) is 0 Å². The summed E-state index contributed by atoms with van der Waals surface area (Å²) in [4.78, 5) is 7.36. The standard InChI is InChI=1S/C23H29N5O/c1-17(2)28-14-18(11-25-28)13-26-9-8-23(15-26)10-22-24-12-20(27(22)16-23)19-6-4-5-7-21(19)29-3/h4-7,11-12,14,17H,8-10,13,15-16H2,1-3H3/t23-/m0/s1. The molecule has 0 unspecified atom stereocenters. The van der Waals surface area contributed by atoms with Gasteiger partial charge in [0.15, 0.2) is 0 Å². The molecular formula is C23H29N5O. The van der Waals surface area contributed by atoms with Crippen LogP contribution in [0.4, 0.5) is 0 Å². The van der Waals surface area contributed by atoms with Gasteiger partial charge in [-0.3, -0.25) is 9.58 Å². The third-order valence-corrected chi connectivity index (χ3v) is 6.46. The maximum absolute atomic E-state index is 5.59. The summed E-state index contributed by atoms with van der Waals surface area (Å²) in [6, 6.07) is 8.64. The van der Waals surface area contributed by atoms with Crippen molar-refractivity contribution in [3.8, 4) is 17.0 Å². The maximum Gasteiger partial charge on any atom is 0.128 e. The van der Waals surface area contributed by atoms with Gasteiger partial charge in [-0.15, -0.1) is 0 Å². The summed E-state index contributed by atoms with van der Waals surface area (Å²) in [6.45, 7) is 8.62. The molecule has 2 aromatic heterocycles. The molecule has 1 saturated heterocycles. The third kappa shape index (κ3) is 3.25. The summed E-state index contributed by atoms with van der Waals surface area (Å²) in [5.74, 6) is 2.12. The van der Waals surface area contributed by atoms with Crippen LogP contribution in [0.3, 0.4) is 0 Å². The molecule has 0 amide bonds. The summed E-state index contributed by atoms with van der Waals surface area (Å²) in [6.07, 6.45) is 8.50. The molecule has 0 bridgehead atoms. The van der Waals surface area contributed by atoms with Crippen LogP contribution in [0.2, 0.25) is 0 Å². The highest BCUT2D eigenvalue weighted by atomic mass is 16.5. The number of hydrogen-bond acceptors (Lipinski definition) is 4. The topological polar surface area (TPSA) is 48.1 Å². The normalized spacial score (nSPS) is 21.4. The van der Waals surface area contributed by atoms with Crippen molar-refractivity contribution in [1.29, 1.82) is 0 Å². The Hall–Kier alpha value is -2.60. The minimum absolute atomic E-state index is 0.300. The lowest BCUT2D eigenvalue weighted by Gasteiger charge is -2.23. The van der Waals surface area contributed by atoms with E-state index in [1.54, 1.807) is 7.11 Å². The van der Waals surface area contributed by atoms with Crippen LogP contribution in [-0.2, 0) is 19.5 Å². The van der Waals surface area contributed by atoms with Crippen LogP contribution < -0.4 is 4.74 Å². The number of para-hydroxylation sites is 1.